The van der Waals surface area contributed by atoms with Crippen LogP contribution in [0, 0.1) is 24.1 Å². The van der Waals surface area contributed by atoms with Gasteiger partial charge in [-0.05, 0) is 24.6 Å². The number of benzene rings is 1. The molecule has 0 aliphatic heterocycles. The highest BCUT2D eigenvalue weighted by molar-refractivity contribution is 5.70. The fraction of sp³-hybridized carbons (Fsp3) is 0.0769. The summed E-state index contributed by atoms with van der Waals surface area (Å²) in [7, 11) is 0. The quantitative estimate of drug-likeness (QED) is 0.728. The average molecular weight is 212 g/mol. The third-order valence-corrected chi connectivity index (χ3v) is 2.31. The number of rotatable bonds is 1. The first kappa shape index (κ1) is 10.3. The Morgan fingerprint density at radius 2 is 2.06 bits per heavy atom. The Hall–Kier alpha value is -2.21. The second-order valence-corrected chi connectivity index (χ2v) is 3.55. The van der Waals surface area contributed by atoms with Crippen LogP contribution in [0.15, 0.2) is 36.7 Å². The summed E-state index contributed by atoms with van der Waals surface area (Å²) in [6.07, 6.45) is 2.69. The fourth-order valence-electron chi connectivity index (χ4n) is 1.56. The number of hydrogen-bond acceptors (Lipinski definition) is 2. The summed E-state index contributed by atoms with van der Waals surface area (Å²) in [5.74, 6) is -0.401. The van der Waals surface area contributed by atoms with Crippen molar-refractivity contribution < 1.29 is 4.39 Å². The molecule has 0 aliphatic carbocycles. The van der Waals surface area contributed by atoms with Gasteiger partial charge in [0.2, 0.25) is 0 Å². The Bertz CT molecular complexity index is 570. The number of aromatic nitrogens is 1. The van der Waals surface area contributed by atoms with Gasteiger partial charge in [0.05, 0.1) is 17.8 Å². The Labute approximate surface area is 93.0 Å². The molecule has 0 N–H and O–H groups in total. The SMILES string of the molecule is Cc1ccc(-c2cncc(F)c2)c(C#N)c1. The van der Waals surface area contributed by atoms with Crippen molar-refractivity contribution in [2.75, 3.05) is 0 Å². The van der Waals surface area contributed by atoms with Crippen LogP contribution in [-0.2, 0) is 0 Å². The zero-order valence-corrected chi connectivity index (χ0v) is 8.74. The molecule has 1 aromatic carbocycles. The molecule has 78 valence electrons. The van der Waals surface area contributed by atoms with Crippen LogP contribution >= 0.6 is 0 Å². The molecule has 2 nitrogen and oxygen atoms in total. The second-order valence-electron chi connectivity index (χ2n) is 3.55. The number of halogens is 1. The molecule has 1 heterocycles. The number of pyridine rings is 1. The lowest BCUT2D eigenvalue weighted by Crippen LogP contribution is -1.88. The number of nitrogens with zero attached hydrogens (tertiary/aromatic N) is 2. The lowest BCUT2D eigenvalue weighted by Gasteiger charge is -2.04. The Kier molecular flexibility index (Phi) is 2.65. The average Bonchev–Trinajstić information content (AvgIpc) is 2.28. The first-order chi connectivity index (χ1) is 7.70. The van der Waals surface area contributed by atoms with Gasteiger partial charge in [-0.25, -0.2) is 4.39 Å². The Morgan fingerprint density at radius 3 is 2.75 bits per heavy atom. The van der Waals surface area contributed by atoms with Crippen LogP contribution in [0.1, 0.15) is 11.1 Å². The summed E-state index contributed by atoms with van der Waals surface area (Å²) in [6.45, 7) is 1.91. The van der Waals surface area contributed by atoms with Gasteiger partial charge in [-0.1, -0.05) is 12.1 Å². The maximum absolute atomic E-state index is 13.0. The summed E-state index contributed by atoms with van der Waals surface area (Å²) in [4.78, 5) is 3.77. The molecule has 1 aromatic heterocycles. The molecular weight excluding hydrogens is 203 g/mol. The largest absolute Gasteiger partial charge is 0.261 e. The molecule has 0 spiro atoms. The van der Waals surface area contributed by atoms with Crippen molar-refractivity contribution in [3.05, 3.63) is 53.6 Å². The molecule has 0 amide bonds. The van der Waals surface area contributed by atoms with E-state index in [0.717, 1.165) is 11.8 Å². The van der Waals surface area contributed by atoms with Crippen molar-refractivity contribution in [3.63, 3.8) is 0 Å². The van der Waals surface area contributed by atoms with E-state index in [1.165, 1.54) is 6.07 Å². The molecule has 3 heteroatoms. The van der Waals surface area contributed by atoms with Crippen LogP contribution in [0.3, 0.4) is 0 Å². The lowest BCUT2D eigenvalue weighted by atomic mass is 10.00. The smallest absolute Gasteiger partial charge is 0.142 e. The van der Waals surface area contributed by atoms with E-state index in [1.807, 2.05) is 19.1 Å². The van der Waals surface area contributed by atoms with Crippen LogP contribution in [0.5, 0.6) is 0 Å². The topological polar surface area (TPSA) is 36.7 Å². The molecule has 2 aromatic rings. The van der Waals surface area contributed by atoms with Gasteiger partial charge < -0.3 is 0 Å². The van der Waals surface area contributed by atoms with E-state index in [1.54, 1.807) is 12.3 Å². The minimum Gasteiger partial charge on any atom is -0.261 e. The van der Waals surface area contributed by atoms with Gasteiger partial charge in [-0.2, -0.15) is 5.26 Å². The van der Waals surface area contributed by atoms with Crippen LogP contribution in [-0.4, -0.2) is 4.98 Å². The fourth-order valence-corrected chi connectivity index (χ4v) is 1.56. The number of aryl methyl sites for hydroxylation is 1. The number of hydrogen-bond donors (Lipinski definition) is 0. The monoisotopic (exact) mass is 212 g/mol. The molecule has 2 rings (SSSR count). The number of nitriles is 1. The van der Waals surface area contributed by atoms with Crippen molar-refractivity contribution in [2.24, 2.45) is 0 Å². The van der Waals surface area contributed by atoms with Crippen molar-refractivity contribution in [3.8, 4) is 17.2 Å². The molecule has 0 fully saturated rings. The first-order valence-corrected chi connectivity index (χ1v) is 4.82. The van der Waals surface area contributed by atoms with Crippen LogP contribution < -0.4 is 0 Å². The zero-order valence-electron chi connectivity index (χ0n) is 8.74. The molecule has 0 atom stereocenters. The summed E-state index contributed by atoms with van der Waals surface area (Å²) < 4.78 is 13.0. The highest BCUT2D eigenvalue weighted by Gasteiger charge is 2.06. The molecule has 16 heavy (non-hydrogen) atoms. The maximum Gasteiger partial charge on any atom is 0.142 e. The molecular formula is C13H9FN2. The van der Waals surface area contributed by atoms with E-state index in [-0.39, 0.29) is 0 Å². The van der Waals surface area contributed by atoms with E-state index in [9.17, 15) is 4.39 Å². The molecule has 0 radical (unpaired) electrons. The Balaban J connectivity index is 2.61. The third kappa shape index (κ3) is 1.91. The highest BCUT2D eigenvalue weighted by atomic mass is 19.1. The van der Waals surface area contributed by atoms with E-state index >= 15 is 0 Å². The van der Waals surface area contributed by atoms with Crippen molar-refractivity contribution in [2.45, 2.75) is 6.92 Å². The first-order valence-electron chi connectivity index (χ1n) is 4.82. The van der Waals surface area contributed by atoms with Crippen molar-refractivity contribution >= 4 is 0 Å². The maximum atomic E-state index is 13.0. The van der Waals surface area contributed by atoms with E-state index < -0.39 is 5.82 Å². The summed E-state index contributed by atoms with van der Waals surface area (Å²) in [5.41, 5.74) is 2.87. The molecule has 0 bridgehead atoms. The van der Waals surface area contributed by atoms with Gasteiger partial charge in [-0.15, -0.1) is 0 Å². The van der Waals surface area contributed by atoms with E-state index in [0.29, 0.717) is 16.7 Å². The van der Waals surface area contributed by atoms with E-state index in [4.69, 9.17) is 5.26 Å². The summed E-state index contributed by atoms with van der Waals surface area (Å²) in [5, 5.41) is 9.01. The van der Waals surface area contributed by atoms with Crippen molar-refractivity contribution in [1.29, 1.82) is 5.26 Å². The molecule has 0 aliphatic rings. The summed E-state index contributed by atoms with van der Waals surface area (Å²) in [6, 6.07) is 8.96. The van der Waals surface area contributed by atoms with E-state index in [2.05, 4.69) is 11.1 Å². The third-order valence-electron chi connectivity index (χ3n) is 2.31. The minimum absolute atomic E-state index is 0.401. The van der Waals surface area contributed by atoms with Crippen LogP contribution in [0.25, 0.3) is 11.1 Å². The van der Waals surface area contributed by atoms with Crippen LogP contribution in [0.4, 0.5) is 4.39 Å². The van der Waals surface area contributed by atoms with Gasteiger partial charge in [-0.3, -0.25) is 4.98 Å². The summed E-state index contributed by atoms with van der Waals surface area (Å²) >= 11 is 0. The predicted molar refractivity (Wildman–Crippen MR) is 59.1 cm³/mol. The zero-order chi connectivity index (χ0) is 11.5. The Morgan fingerprint density at radius 1 is 1.25 bits per heavy atom. The normalized spacial score (nSPS) is 9.81. The van der Waals surface area contributed by atoms with Gasteiger partial charge >= 0.3 is 0 Å². The lowest BCUT2D eigenvalue weighted by molar-refractivity contribution is 0.622. The van der Waals surface area contributed by atoms with Gasteiger partial charge in [0.15, 0.2) is 0 Å². The van der Waals surface area contributed by atoms with Crippen LogP contribution in [0.2, 0.25) is 0 Å². The molecule has 0 saturated heterocycles. The van der Waals surface area contributed by atoms with Gasteiger partial charge in [0.25, 0.3) is 0 Å². The minimum atomic E-state index is -0.401. The van der Waals surface area contributed by atoms with Gasteiger partial charge in [0, 0.05) is 17.3 Å². The second kappa shape index (κ2) is 4.11. The van der Waals surface area contributed by atoms with Crippen molar-refractivity contribution in [1.82, 2.24) is 4.98 Å². The van der Waals surface area contributed by atoms with Gasteiger partial charge in [0.1, 0.15) is 5.82 Å². The standard InChI is InChI=1S/C13H9FN2/c1-9-2-3-13(10(4-9)6-15)11-5-12(14)8-16-7-11/h2-5,7-8H,1H3. The molecule has 0 saturated carbocycles. The molecule has 0 unspecified atom stereocenters. The highest BCUT2D eigenvalue weighted by Crippen LogP contribution is 2.23. The predicted octanol–water partition coefficient (Wildman–Crippen LogP) is 3.07.